The van der Waals surface area contributed by atoms with Crippen LogP contribution in [-0.2, 0) is 14.3 Å². The number of rotatable bonds is 6. The highest BCUT2D eigenvalue weighted by Gasteiger charge is 2.38. The Morgan fingerprint density at radius 2 is 1.57 bits per heavy atom. The predicted molar refractivity (Wildman–Crippen MR) is 85.3 cm³/mol. The van der Waals surface area contributed by atoms with Crippen LogP contribution >= 0.6 is 0 Å². The normalized spacial score (nSPS) is 20.6. The third-order valence-corrected chi connectivity index (χ3v) is 4.10. The average Bonchev–Trinajstić information content (AvgIpc) is 2.60. The van der Waals surface area contributed by atoms with E-state index >= 15 is 0 Å². The van der Waals surface area contributed by atoms with Crippen LogP contribution in [0.2, 0.25) is 0 Å². The van der Waals surface area contributed by atoms with E-state index in [0.717, 1.165) is 19.3 Å². The Kier molecular flexibility index (Phi) is 6.44. The van der Waals surface area contributed by atoms with Crippen molar-refractivity contribution in [3.05, 3.63) is 24.3 Å². The minimum Gasteiger partial charge on any atom is -0.497 e. The van der Waals surface area contributed by atoms with E-state index in [9.17, 15) is 9.59 Å². The highest BCUT2D eigenvalue weighted by Crippen LogP contribution is 2.32. The van der Waals surface area contributed by atoms with E-state index < -0.39 is 5.92 Å². The highest BCUT2D eigenvalue weighted by atomic mass is 16.5. The van der Waals surface area contributed by atoms with E-state index in [1.54, 1.807) is 31.4 Å². The van der Waals surface area contributed by atoms with Gasteiger partial charge < -0.3 is 14.2 Å². The number of carbonyl (C=O) groups excluding carboxylic acids is 2. The van der Waals surface area contributed by atoms with Crippen molar-refractivity contribution in [2.75, 3.05) is 13.7 Å². The lowest BCUT2D eigenvalue weighted by molar-refractivity contribution is -0.158. The van der Waals surface area contributed by atoms with Gasteiger partial charge in [-0.15, -0.1) is 0 Å². The Balaban J connectivity index is 2.00. The Hall–Kier alpha value is -2.04. The van der Waals surface area contributed by atoms with Gasteiger partial charge >= 0.3 is 11.9 Å². The molecule has 1 aliphatic rings. The summed E-state index contributed by atoms with van der Waals surface area (Å²) in [6.07, 6.45) is 4.00. The van der Waals surface area contributed by atoms with Crippen LogP contribution in [0.5, 0.6) is 11.5 Å². The van der Waals surface area contributed by atoms with Crippen molar-refractivity contribution in [1.29, 1.82) is 0 Å². The fourth-order valence-corrected chi connectivity index (χ4v) is 2.84. The first kappa shape index (κ1) is 17.3. The van der Waals surface area contributed by atoms with E-state index in [4.69, 9.17) is 14.2 Å². The fraction of sp³-hybridized carbons (Fsp3) is 0.556. The van der Waals surface area contributed by atoms with Gasteiger partial charge in [-0.25, -0.2) is 0 Å². The molecule has 2 atom stereocenters. The van der Waals surface area contributed by atoms with E-state index in [-0.39, 0.29) is 17.9 Å². The number of methoxy groups -OCH3 is 1. The van der Waals surface area contributed by atoms with Crippen molar-refractivity contribution in [1.82, 2.24) is 0 Å². The first-order valence-electron chi connectivity index (χ1n) is 8.18. The summed E-state index contributed by atoms with van der Waals surface area (Å²) in [6, 6.07) is 6.83. The zero-order valence-electron chi connectivity index (χ0n) is 13.7. The maximum Gasteiger partial charge on any atom is 0.315 e. The van der Waals surface area contributed by atoms with Crippen molar-refractivity contribution in [2.24, 2.45) is 11.8 Å². The highest BCUT2D eigenvalue weighted by molar-refractivity contribution is 5.83. The molecule has 1 saturated carbocycles. The maximum atomic E-state index is 12.4. The summed E-state index contributed by atoms with van der Waals surface area (Å²) in [5, 5.41) is 0. The molecule has 0 spiro atoms. The first-order valence-corrected chi connectivity index (χ1v) is 8.18. The van der Waals surface area contributed by atoms with Crippen molar-refractivity contribution >= 4 is 11.9 Å². The van der Waals surface area contributed by atoms with Gasteiger partial charge in [0.2, 0.25) is 0 Å². The third-order valence-electron chi connectivity index (χ3n) is 4.10. The fourth-order valence-electron chi connectivity index (χ4n) is 2.84. The molecular weight excluding hydrogens is 296 g/mol. The van der Waals surface area contributed by atoms with Gasteiger partial charge in [0, 0.05) is 0 Å². The number of hydrogen-bond donors (Lipinski definition) is 0. The number of carbonyl (C=O) groups is 2. The topological polar surface area (TPSA) is 61.8 Å². The molecule has 0 heterocycles. The van der Waals surface area contributed by atoms with Gasteiger partial charge in [-0.2, -0.15) is 0 Å². The summed E-state index contributed by atoms with van der Waals surface area (Å²) in [6.45, 7) is 2.35. The van der Waals surface area contributed by atoms with Crippen LogP contribution in [0.25, 0.3) is 0 Å². The molecule has 1 aliphatic carbocycles. The van der Waals surface area contributed by atoms with E-state index in [1.165, 1.54) is 0 Å². The van der Waals surface area contributed by atoms with E-state index in [2.05, 4.69) is 0 Å². The molecule has 0 saturated heterocycles. The Bertz CT molecular complexity index is 523. The molecule has 1 aromatic rings. The lowest BCUT2D eigenvalue weighted by atomic mass is 9.79. The van der Waals surface area contributed by atoms with Gasteiger partial charge in [-0.05, 0) is 43.5 Å². The molecule has 2 rings (SSSR count). The zero-order chi connectivity index (χ0) is 16.7. The van der Waals surface area contributed by atoms with Crippen molar-refractivity contribution in [2.45, 2.75) is 39.0 Å². The van der Waals surface area contributed by atoms with Gasteiger partial charge in [0.25, 0.3) is 0 Å². The van der Waals surface area contributed by atoms with Crippen LogP contribution in [0.3, 0.4) is 0 Å². The molecule has 0 N–H and O–H groups in total. The SMILES string of the molecule is CCCOC(=O)C1CCCCC1C(=O)Oc1ccc(OC)cc1. The second kappa shape index (κ2) is 8.56. The van der Waals surface area contributed by atoms with Crippen LogP contribution in [-0.4, -0.2) is 25.7 Å². The summed E-state index contributed by atoms with van der Waals surface area (Å²) in [7, 11) is 1.58. The molecule has 2 unspecified atom stereocenters. The molecule has 126 valence electrons. The summed E-state index contributed by atoms with van der Waals surface area (Å²) in [4.78, 5) is 24.6. The second-order valence-electron chi connectivity index (χ2n) is 5.76. The van der Waals surface area contributed by atoms with Gasteiger partial charge in [-0.1, -0.05) is 19.8 Å². The Labute approximate surface area is 136 Å². The smallest absolute Gasteiger partial charge is 0.315 e. The van der Waals surface area contributed by atoms with Gasteiger partial charge in [0.15, 0.2) is 0 Å². The molecule has 0 aliphatic heterocycles. The summed E-state index contributed by atoms with van der Waals surface area (Å²) < 4.78 is 15.7. The lowest BCUT2D eigenvalue weighted by Gasteiger charge is -2.28. The Morgan fingerprint density at radius 3 is 2.13 bits per heavy atom. The molecular formula is C18H24O5. The van der Waals surface area contributed by atoms with Crippen molar-refractivity contribution in [3.8, 4) is 11.5 Å². The zero-order valence-corrected chi connectivity index (χ0v) is 13.7. The van der Waals surface area contributed by atoms with Crippen molar-refractivity contribution in [3.63, 3.8) is 0 Å². The average molecular weight is 320 g/mol. The number of ether oxygens (including phenoxy) is 3. The second-order valence-corrected chi connectivity index (χ2v) is 5.76. The predicted octanol–water partition coefficient (Wildman–Crippen LogP) is 3.36. The molecule has 0 aromatic heterocycles. The minimum atomic E-state index is -0.421. The summed E-state index contributed by atoms with van der Waals surface area (Å²) >= 11 is 0. The maximum absolute atomic E-state index is 12.4. The van der Waals surface area contributed by atoms with Crippen LogP contribution in [0.4, 0.5) is 0 Å². The molecule has 0 amide bonds. The molecule has 0 bridgehead atoms. The van der Waals surface area contributed by atoms with Gasteiger partial charge in [0.05, 0.1) is 25.6 Å². The van der Waals surface area contributed by atoms with Gasteiger partial charge in [-0.3, -0.25) is 9.59 Å². The van der Waals surface area contributed by atoms with Crippen LogP contribution in [0, 0.1) is 11.8 Å². The Morgan fingerprint density at radius 1 is 1.00 bits per heavy atom. The van der Waals surface area contributed by atoms with Crippen LogP contribution < -0.4 is 9.47 Å². The molecule has 23 heavy (non-hydrogen) atoms. The van der Waals surface area contributed by atoms with E-state index in [0.29, 0.717) is 30.9 Å². The number of hydrogen-bond acceptors (Lipinski definition) is 5. The van der Waals surface area contributed by atoms with Crippen LogP contribution in [0.1, 0.15) is 39.0 Å². The molecule has 5 nitrogen and oxygen atoms in total. The lowest BCUT2D eigenvalue weighted by Crippen LogP contribution is -2.36. The van der Waals surface area contributed by atoms with Gasteiger partial charge in [0.1, 0.15) is 11.5 Å². The van der Waals surface area contributed by atoms with E-state index in [1.807, 2.05) is 6.92 Å². The minimum absolute atomic E-state index is 0.275. The third kappa shape index (κ3) is 4.71. The van der Waals surface area contributed by atoms with Crippen molar-refractivity contribution < 1.29 is 23.8 Å². The molecule has 5 heteroatoms. The molecule has 1 fully saturated rings. The molecule has 0 radical (unpaired) electrons. The number of esters is 2. The summed E-state index contributed by atoms with van der Waals surface area (Å²) in [5.74, 6) is -0.279. The standard InChI is InChI=1S/C18H24O5/c1-3-12-22-17(19)15-6-4-5-7-16(15)18(20)23-14-10-8-13(21-2)9-11-14/h8-11,15-16H,3-7,12H2,1-2H3. The first-order chi connectivity index (χ1) is 11.2. The van der Waals surface area contributed by atoms with Crippen LogP contribution in [0.15, 0.2) is 24.3 Å². The molecule has 1 aromatic carbocycles. The summed E-state index contributed by atoms with van der Waals surface area (Å²) in [5.41, 5.74) is 0. The largest absolute Gasteiger partial charge is 0.497 e. The monoisotopic (exact) mass is 320 g/mol. The number of benzene rings is 1. The quantitative estimate of drug-likeness (QED) is 0.594.